The summed E-state index contributed by atoms with van der Waals surface area (Å²) in [4.78, 5) is 38.7. The van der Waals surface area contributed by atoms with Crippen molar-refractivity contribution in [2.45, 2.75) is 45.3 Å². The number of carboxylic acid groups (broad SMARTS) is 1. The fourth-order valence-corrected chi connectivity index (χ4v) is 3.17. The van der Waals surface area contributed by atoms with E-state index in [0.29, 0.717) is 18.5 Å². The molecule has 0 aromatic heterocycles. The van der Waals surface area contributed by atoms with Gasteiger partial charge in [0.05, 0.1) is 6.04 Å². The smallest absolute Gasteiger partial charge is 0.331 e. The van der Waals surface area contributed by atoms with Crippen LogP contribution >= 0.6 is 0 Å². The highest BCUT2D eigenvalue weighted by molar-refractivity contribution is 5.92. The summed E-state index contributed by atoms with van der Waals surface area (Å²) in [5, 5.41) is 15.3. The van der Waals surface area contributed by atoms with Crippen molar-refractivity contribution >= 4 is 17.8 Å². The van der Waals surface area contributed by atoms with Gasteiger partial charge in [-0.1, -0.05) is 38.1 Å². The first-order valence-electron chi connectivity index (χ1n) is 8.86. The Hall–Kier alpha value is -2.41. The van der Waals surface area contributed by atoms with Crippen LogP contribution in [0.2, 0.25) is 0 Å². The lowest BCUT2D eigenvalue weighted by atomic mass is 9.91. The number of carbonyl (C=O) groups excluding carboxylic acids is 2. The van der Waals surface area contributed by atoms with Crippen molar-refractivity contribution in [1.82, 2.24) is 15.5 Å². The van der Waals surface area contributed by atoms with Gasteiger partial charge in [0.25, 0.3) is 0 Å². The molecular formula is C19H27N3O4. The number of nitrogens with one attached hydrogen (secondary N) is 2. The van der Waals surface area contributed by atoms with E-state index in [1.54, 1.807) is 26.1 Å². The summed E-state index contributed by atoms with van der Waals surface area (Å²) >= 11 is 0. The minimum atomic E-state index is -1.07. The molecule has 2 rings (SSSR count). The Labute approximate surface area is 153 Å². The lowest BCUT2D eigenvalue weighted by molar-refractivity contribution is -0.153. The van der Waals surface area contributed by atoms with E-state index >= 15 is 0 Å². The first-order chi connectivity index (χ1) is 12.3. The molecule has 0 saturated heterocycles. The van der Waals surface area contributed by atoms with E-state index in [1.165, 1.54) is 4.90 Å². The first-order valence-corrected chi connectivity index (χ1v) is 8.86. The highest BCUT2D eigenvalue weighted by Crippen LogP contribution is 2.31. The first kappa shape index (κ1) is 19.9. The van der Waals surface area contributed by atoms with Gasteiger partial charge in [0.15, 0.2) is 6.04 Å². The Morgan fingerprint density at radius 2 is 1.85 bits per heavy atom. The van der Waals surface area contributed by atoms with Gasteiger partial charge in [0.1, 0.15) is 6.04 Å². The van der Waals surface area contributed by atoms with Crippen LogP contribution in [0.4, 0.5) is 0 Å². The summed E-state index contributed by atoms with van der Waals surface area (Å²) in [7, 11) is 1.67. The fourth-order valence-electron chi connectivity index (χ4n) is 3.17. The second-order valence-electron chi connectivity index (χ2n) is 6.96. The minimum Gasteiger partial charge on any atom is -0.479 e. The fraction of sp³-hybridized carbons (Fsp3) is 0.526. The number of nitrogens with zero attached hydrogens (tertiary/aromatic N) is 1. The Kier molecular flexibility index (Phi) is 6.37. The van der Waals surface area contributed by atoms with E-state index in [9.17, 15) is 19.5 Å². The molecular weight excluding hydrogens is 334 g/mol. The maximum absolute atomic E-state index is 13.1. The van der Waals surface area contributed by atoms with Crippen LogP contribution < -0.4 is 10.6 Å². The minimum absolute atomic E-state index is 0.165. The summed E-state index contributed by atoms with van der Waals surface area (Å²) in [6.45, 7) is 5.68. The molecule has 0 unspecified atom stereocenters. The summed E-state index contributed by atoms with van der Waals surface area (Å²) in [5.41, 5.74) is 1.58. The number of fused-ring (bicyclic) bond motifs is 1. The van der Waals surface area contributed by atoms with E-state index in [-0.39, 0.29) is 17.7 Å². The molecule has 0 spiro atoms. The molecule has 0 fully saturated rings. The Morgan fingerprint density at radius 1 is 1.19 bits per heavy atom. The molecule has 142 valence electrons. The van der Waals surface area contributed by atoms with Crippen LogP contribution in [0.1, 0.15) is 37.9 Å². The highest BCUT2D eigenvalue weighted by Gasteiger charge is 2.39. The van der Waals surface area contributed by atoms with Gasteiger partial charge in [-0.05, 0) is 37.4 Å². The standard InChI is InChI=1S/C19H27N3O4/c1-11(2)15(21-17(23)12(3)20-4)18(24)22-10-9-13-7-5-6-8-14(13)16(22)19(25)26/h5-8,11-12,15-16,20H,9-10H2,1-4H3,(H,21,23)(H,25,26)/t12-,15-,16-/m0/s1. The van der Waals surface area contributed by atoms with Crippen molar-refractivity contribution in [3.8, 4) is 0 Å². The predicted molar refractivity (Wildman–Crippen MR) is 97.5 cm³/mol. The van der Waals surface area contributed by atoms with Gasteiger partial charge in [-0.3, -0.25) is 9.59 Å². The molecule has 0 bridgehead atoms. The molecule has 1 heterocycles. The van der Waals surface area contributed by atoms with Crippen LogP contribution in [0.5, 0.6) is 0 Å². The second kappa shape index (κ2) is 8.31. The molecule has 0 aliphatic carbocycles. The molecule has 1 aliphatic heterocycles. The van der Waals surface area contributed by atoms with Crippen molar-refractivity contribution in [2.24, 2.45) is 5.92 Å². The molecule has 7 nitrogen and oxygen atoms in total. The van der Waals surface area contributed by atoms with Gasteiger partial charge in [-0.2, -0.15) is 0 Å². The molecule has 2 amide bonds. The third-order valence-corrected chi connectivity index (χ3v) is 4.86. The summed E-state index contributed by atoms with van der Waals surface area (Å²) < 4.78 is 0. The van der Waals surface area contributed by atoms with Crippen molar-refractivity contribution in [1.29, 1.82) is 0 Å². The lowest BCUT2D eigenvalue weighted by Gasteiger charge is -2.38. The van der Waals surface area contributed by atoms with Gasteiger partial charge in [0.2, 0.25) is 11.8 Å². The van der Waals surface area contributed by atoms with E-state index in [0.717, 1.165) is 5.56 Å². The number of carbonyl (C=O) groups is 3. The van der Waals surface area contributed by atoms with E-state index in [4.69, 9.17) is 0 Å². The average Bonchev–Trinajstić information content (AvgIpc) is 2.63. The average molecular weight is 361 g/mol. The number of aliphatic carboxylic acids is 1. The van der Waals surface area contributed by atoms with Gasteiger partial charge in [-0.25, -0.2) is 4.79 Å². The predicted octanol–water partition coefficient (Wildman–Crippen LogP) is 0.946. The lowest BCUT2D eigenvalue weighted by Crippen LogP contribution is -2.56. The monoisotopic (exact) mass is 361 g/mol. The number of rotatable bonds is 6. The molecule has 1 aliphatic rings. The number of hydrogen-bond donors (Lipinski definition) is 3. The number of likely N-dealkylation sites (N-methyl/N-ethyl adjacent to an activating group) is 1. The summed E-state index contributed by atoms with van der Waals surface area (Å²) in [6, 6.07) is 5.03. The largest absolute Gasteiger partial charge is 0.479 e. The van der Waals surface area contributed by atoms with Crippen molar-refractivity contribution in [3.05, 3.63) is 35.4 Å². The molecule has 3 N–H and O–H groups in total. The summed E-state index contributed by atoms with van der Waals surface area (Å²) in [6.07, 6.45) is 0.595. The third-order valence-electron chi connectivity index (χ3n) is 4.86. The number of amides is 2. The van der Waals surface area contributed by atoms with Crippen LogP contribution in [0.3, 0.4) is 0 Å². The SMILES string of the molecule is CN[C@@H](C)C(=O)N[C@H](C(=O)N1CCc2ccccc2[C@H]1C(=O)O)C(C)C. The van der Waals surface area contributed by atoms with Crippen LogP contribution in [0, 0.1) is 5.92 Å². The molecule has 0 saturated carbocycles. The van der Waals surface area contributed by atoms with Crippen molar-refractivity contribution in [3.63, 3.8) is 0 Å². The normalized spacial score (nSPS) is 18.8. The van der Waals surface area contributed by atoms with Crippen molar-refractivity contribution in [2.75, 3.05) is 13.6 Å². The zero-order chi connectivity index (χ0) is 19.4. The molecule has 7 heteroatoms. The van der Waals surface area contributed by atoms with Crippen LogP contribution in [0.25, 0.3) is 0 Å². The molecule has 0 radical (unpaired) electrons. The highest BCUT2D eigenvalue weighted by atomic mass is 16.4. The number of hydrogen-bond acceptors (Lipinski definition) is 4. The topological polar surface area (TPSA) is 98.7 Å². The van der Waals surface area contributed by atoms with Gasteiger partial charge < -0.3 is 20.6 Å². The number of benzene rings is 1. The summed E-state index contributed by atoms with van der Waals surface area (Å²) in [5.74, 6) is -1.88. The van der Waals surface area contributed by atoms with E-state index in [1.807, 2.05) is 26.0 Å². The Morgan fingerprint density at radius 3 is 2.42 bits per heavy atom. The van der Waals surface area contributed by atoms with Crippen LogP contribution in [-0.2, 0) is 20.8 Å². The maximum Gasteiger partial charge on any atom is 0.331 e. The molecule has 1 aromatic carbocycles. The molecule has 3 atom stereocenters. The van der Waals surface area contributed by atoms with Gasteiger partial charge >= 0.3 is 5.97 Å². The zero-order valence-corrected chi connectivity index (χ0v) is 15.7. The van der Waals surface area contributed by atoms with Crippen LogP contribution in [0.15, 0.2) is 24.3 Å². The van der Waals surface area contributed by atoms with E-state index < -0.39 is 24.1 Å². The molecule has 1 aromatic rings. The quantitative estimate of drug-likeness (QED) is 0.701. The third kappa shape index (κ3) is 4.04. The van der Waals surface area contributed by atoms with Gasteiger partial charge in [-0.15, -0.1) is 0 Å². The second-order valence-corrected chi connectivity index (χ2v) is 6.96. The zero-order valence-electron chi connectivity index (χ0n) is 15.7. The Bertz CT molecular complexity index is 689. The van der Waals surface area contributed by atoms with Gasteiger partial charge in [0, 0.05) is 6.54 Å². The van der Waals surface area contributed by atoms with Crippen LogP contribution in [-0.4, -0.2) is 53.5 Å². The Balaban J connectivity index is 2.30. The van der Waals surface area contributed by atoms with Crippen molar-refractivity contribution < 1.29 is 19.5 Å². The molecule has 26 heavy (non-hydrogen) atoms. The number of carboxylic acids is 1. The van der Waals surface area contributed by atoms with E-state index in [2.05, 4.69) is 10.6 Å². The maximum atomic E-state index is 13.1.